The zero-order valence-corrected chi connectivity index (χ0v) is 20.4. The molecule has 0 bridgehead atoms. The van der Waals surface area contributed by atoms with Crippen molar-refractivity contribution in [3.05, 3.63) is 71.8 Å². The zero-order valence-electron chi connectivity index (χ0n) is 20.4. The molecule has 3 aromatic carbocycles. The minimum atomic E-state index is -0.514. The van der Waals surface area contributed by atoms with Gasteiger partial charge in [0, 0.05) is 17.6 Å². The monoisotopic (exact) mass is 459 g/mol. The summed E-state index contributed by atoms with van der Waals surface area (Å²) in [5.41, 5.74) is 9.17. The fourth-order valence-electron chi connectivity index (χ4n) is 4.72. The number of likely N-dealkylation sites (tertiary alicyclic amines) is 1. The van der Waals surface area contributed by atoms with Gasteiger partial charge in [-0.05, 0) is 79.9 Å². The molecule has 3 aromatic rings. The van der Waals surface area contributed by atoms with Gasteiger partial charge in [-0.15, -0.1) is 0 Å². The number of unbranched alkanes of at least 4 members (excludes halogenated alkanes) is 1. The first kappa shape index (κ1) is 24.2. The lowest BCUT2D eigenvalue weighted by Gasteiger charge is -2.32. The van der Waals surface area contributed by atoms with Crippen molar-refractivity contribution in [2.24, 2.45) is 5.73 Å². The van der Waals surface area contributed by atoms with Crippen LogP contribution in [0, 0.1) is 0 Å². The Hall–Kier alpha value is -2.89. The van der Waals surface area contributed by atoms with Crippen LogP contribution in [0.25, 0.3) is 10.8 Å². The van der Waals surface area contributed by atoms with Crippen LogP contribution in [0.4, 0.5) is 5.69 Å². The van der Waals surface area contributed by atoms with Gasteiger partial charge in [-0.2, -0.15) is 0 Å². The Bertz CT molecular complexity index is 1100. The quantitative estimate of drug-likeness (QED) is 0.404. The summed E-state index contributed by atoms with van der Waals surface area (Å²) >= 11 is 0. The van der Waals surface area contributed by atoms with Gasteiger partial charge in [0.2, 0.25) is 5.91 Å². The van der Waals surface area contributed by atoms with Crippen molar-refractivity contribution in [1.82, 2.24) is 4.90 Å². The summed E-state index contributed by atoms with van der Waals surface area (Å²) in [7, 11) is 0. The van der Waals surface area contributed by atoms with Crippen LogP contribution in [0.3, 0.4) is 0 Å². The summed E-state index contributed by atoms with van der Waals surface area (Å²) in [6.07, 6.45) is 4.44. The van der Waals surface area contributed by atoms with Crippen LogP contribution in [0.5, 0.6) is 5.75 Å². The van der Waals surface area contributed by atoms with Crippen molar-refractivity contribution < 1.29 is 9.53 Å². The Morgan fingerprint density at radius 3 is 2.59 bits per heavy atom. The molecule has 3 N–H and O–H groups in total. The summed E-state index contributed by atoms with van der Waals surface area (Å²) in [4.78, 5) is 14.5. The molecular weight excluding hydrogens is 422 g/mol. The zero-order chi connectivity index (χ0) is 23.9. The second kappa shape index (κ2) is 11.5. The van der Waals surface area contributed by atoms with Gasteiger partial charge >= 0.3 is 0 Å². The van der Waals surface area contributed by atoms with E-state index in [1.807, 2.05) is 12.1 Å². The Labute approximate surface area is 203 Å². The summed E-state index contributed by atoms with van der Waals surface area (Å²) in [6, 6.07) is 20.7. The van der Waals surface area contributed by atoms with Gasteiger partial charge in [-0.1, -0.05) is 55.8 Å². The molecule has 0 radical (unpaired) electrons. The lowest BCUT2D eigenvalue weighted by molar-refractivity contribution is -0.117. The number of anilines is 1. The van der Waals surface area contributed by atoms with Gasteiger partial charge in [0.1, 0.15) is 5.75 Å². The Balaban J connectivity index is 1.39. The number of ether oxygens (including phenoxy) is 1. The van der Waals surface area contributed by atoms with E-state index in [1.54, 1.807) is 6.92 Å². The summed E-state index contributed by atoms with van der Waals surface area (Å²) in [6.45, 7) is 7.72. The molecule has 0 spiro atoms. The van der Waals surface area contributed by atoms with E-state index in [9.17, 15) is 4.79 Å². The molecule has 1 aliphatic rings. The van der Waals surface area contributed by atoms with Crippen molar-refractivity contribution in [2.45, 2.75) is 58.0 Å². The van der Waals surface area contributed by atoms with E-state index >= 15 is 0 Å². The molecule has 1 unspecified atom stereocenters. The fraction of sp³-hybridized carbons (Fsp3) is 0.414. The van der Waals surface area contributed by atoms with Crippen LogP contribution < -0.4 is 15.8 Å². The third-order valence-corrected chi connectivity index (χ3v) is 6.75. The molecular formula is C29H37N3O2. The van der Waals surface area contributed by atoms with Crippen molar-refractivity contribution in [2.75, 3.05) is 25.0 Å². The number of hydrogen-bond donors (Lipinski definition) is 2. The summed E-state index contributed by atoms with van der Waals surface area (Å²) < 4.78 is 6.07. The maximum Gasteiger partial charge on any atom is 0.240 e. The van der Waals surface area contributed by atoms with Crippen molar-refractivity contribution in [3.8, 4) is 5.75 Å². The van der Waals surface area contributed by atoms with Gasteiger partial charge in [-0.3, -0.25) is 9.69 Å². The average Bonchev–Trinajstić information content (AvgIpc) is 2.86. The van der Waals surface area contributed by atoms with E-state index in [2.05, 4.69) is 65.7 Å². The molecule has 0 aromatic heterocycles. The molecule has 1 atom stereocenters. The molecule has 1 saturated heterocycles. The highest BCUT2D eigenvalue weighted by atomic mass is 16.5. The van der Waals surface area contributed by atoms with Crippen LogP contribution >= 0.6 is 0 Å². The second-order valence-corrected chi connectivity index (χ2v) is 9.42. The standard InChI is InChI=1S/C29H37N3O2/c1-3-4-18-34-28-13-12-24(26-10-5-6-11-27(26)28)20-32-16-14-22(15-17-32)23-8-7-9-25(19-23)31-29(33)21(2)30/h5-13,19,21-22H,3-4,14-18,20,30H2,1-2H3,(H,31,33). The van der Waals surface area contributed by atoms with Crippen LogP contribution in [-0.2, 0) is 11.3 Å². The predicted octanol–water partition coefficient (Wildman–Crippen LogP) is 5.68. The number of carbonyl (C=O) groups excluding carboxylic acids is 1. The molecule has 4 rings (SSSR count). The minimum Gasteiger partial charge on any atom is -0.493 e. The molecule has 0 aliphatic carbocycles. The Morgan fingerprint density at radius 1 is 1.09 bits per heavy atom. The van der Waals surface area contributed by atoms with E-state index in [1.165, 1.54) is 21.9 Å². The number of fused-ring (bicyclic) bond motifs is 1. The van der Waals surface area contributed by atoms with Crippen molar-refractivity contribution in [1.29, 1.82) is 0 Å². The van der Waals surface area contributed by atoms with Crippen LogP contribution in [-0.4, -0.2) is 36.5 Å². The van der Waals surface area contributed by atoms with E-state index in [4.69, 9.17) is 10.5 Å². The lowest BCUT2D eigenvalue weighted by Crippen LogP contribution is -2.33. The first-order valence-corrected chi connectivity index (χ1v) is 12.6. The highest BCUT2D eigenvalue weighted by Crippen LogP contribution is 2.33. The predicted molar refractivity (Wildman–Crippen MR) is 140 cm³/mol. The highest BCUT2D eigenvalue weighted by Gasteiger charge is 2.22. The number of benzene rings is 3. The third kappa shape index (κ3) is 5.96. The molecule has 5 heteroatoms. The van der Waals surface area contributed by atoms with E-state index < -0.39 is 6.04 Å². The third-order valence-electron chi connectivity index (χ3n) is 6.75. The number of nitrogens with zero attached hydrogens (tertiary/aromatic N) is 1. The molecule has 0 saturated carbocycles. The fourth-order valence-corrected chi connectivity index (χ4v) is 4.72. The summed E-state index contributed by atoms with van der Waals surface area (Å²) in [5.74, 6) is 1.35. The number of hydrogen-bond acceptors (Lipinski definition) is 4. The van der Waals surface area contributed by atoms with E-state index in [0.717, 1.165) is 63.4 Å². The topological polar surface area (TPSA) is 67.6 Å². The number of piperidine rings is 1. The first-order chi connectivity index (χ1) is 16.5. The SMILES string of the molecule is CCCCOc1ccc(CN2CCC(c3cccc(NC(=O)C(C)N)c3)CC2)c2ccccc12. The van der Waals surface area contributed by atoms with Gasteiger partial charge in [-0.25, -0.2) is 0 Å². The van der Waals surface area contributed by atoms with Gasteiger partial charge in [0.05, 0.1) is 12.6 Å². The van der Waals surface area contributed by atoms with Crippen molar-refractivity contribution in [3.63, 3.8) is 0 Å². The number of nitrogens with one attached hydrogen (secondary N) is 1. The molecule has 1 amide bonds. The molecule has 1 fully saturated rings. The largest absolute Gasteiger partial charge is 0.493 e. The summed E-state index contributed by atoms with van der Waals surface area (Å²) in [5, 5.41) is 5.41. The maximum absolute atomic E-state index is 11.9. The number of carbonyl (C=O) groups is 1. The first-order valence-electron chi connectivity index (χ1n) is 12.6. The van der Waals surface area contributed by atoms with Gasteiger partial charge in [0.25, 0.3) is 0 Å². The molecule has 34 heavy (non-hydrogen) atoms. The van der Waals surface area contributed by atoms with E-state index in [-0.39, 0.29) is 5.91 Å². The maximum atomic E-state index is 11.9. The molecule has 1 aliphatic heterocycles. The lowest BCUT2D eigenvalue weighted by atomic mass is 9.89. The number of rotatable bonds is 9. The highest BCUT2D eigenvalue weighted by molar-refractivity contribution is 5.94. The Kier molecular flexibility index (Phi) is 8.20. The van der Waals surface area contributed by atoms with Gasteiger partial charge < -0.3 is 15.8 Å². The number of amides is 1. The van der Waals surface area contributed by atoms with E-state index in [0.29, 0.717) is 5.92 Å². The smallest absolute Gasteiger partial charge is 0.240 e. The normalized spacial score (nSPS) is 15.9. The number of nitrogens with two attached hydrogens (primary N) is 1. The van der Waals surface area contributed by atoms with Crippen molar-refractivity contribution >= 4 is 22.4 Å². The van der Waals surface area contributed by atoms with Crippen LogP contribution in [0.2, 0.25) is 0 Å². The minimum absolute atomic E-state index is 0.152. The average molecular weight is 460 g/mol. The molecule has 5 nitrogen and oxygen atoms in total. The molecule has 180 valence electrons. The van der Waals surface area contributed by atoms with Crippen LogP contribution in [0.1, 0.15) is 56.6 Å². The Morgan fingerprint density at radius 2 is 1.85 bits per heavy atom. The molecule has 1 heterocycles. The van der Waals surface area contributed by atoms with Gasteiger partial charge in [0.15, 0.2) is 0 Å². The van der Waals surface area contributed by atoms with Crippen LogP contribution in [0.15, 0.2) is 60.7 Å². The second-order valence-electron chi connectivity index (χ2n) is 9.42.